The molecule has 0 saturated carbocycles. The first-order valence-corrected chi connectivity index (χ1v) is 4.94. The van der Waals surface area contributed by atoms with Crippen LogP contribution in [0.3, 0.4) is 0 Å². The van der Waals surface area contributed by atoms with Gasteiger partial charge < -0.3 is 4.98 Å². The Morgan fingerprint density at radius 3 is 2.64 bits per heavy atom. The van der Waals surface area contributed by atoms with Crippen LogP contribution in [0.15, 0.2) is 27.9 Å². The van der Waals surface area contributed by atoms with Crippen molar-refractivity contribution in [2.24, 2.45) is 0 Å². The van der Waals surface area contributed by atoms with Gasteiger partial charge in [0, 0.05) is 11.1 Å². The Hall–Kier alpha value is -1.33. The van der Waals surface area contributed by atoms with Crippen LogP contribution < -0.4 is 11.2 Å². The van der Waals surface area contributed by atoms with Gasteiger partial charge in [0.1, 0.15) is 0 Å². The molecule has 0 saturated heterocycles. The third kappa shape index (κ3) is 1.64. The molecule has 0 aliphatic rings. The minimum absolute atomic E-state index is 0.410. The zero-order valence-electron chi connectivity index (χ0n) is 6.83. The number of H-pyrrole nitrogens is 2. The van der Waals surface area contributed by atoms with Crippen LogP contribution in [-0.4, -0.2) is 9.97 Å². The van der Waals surface area contributed by atoms with Gasteiger partial charge in [-0.25, -0.2) is 4.79 Å². The van der Waals surface area contributed by atoms with Gasteiger partial charge >= 0.3 is 5.69 Å². The van der Waals surface area contributed by atoms with Crippen LogP contribution in [0.5, 0.6) is 0 Å². The molecule has 4 nitrogen and oxygen atoms in total. The summed E-state index contributed by atoms with van der Waals surface area (Å²) in [6, 6.07) is 3.43. The Kier molecular flexibility index (Phi) is 2.26. The summed E-state index contributed by atoms with van der Waals surface area (Å²) < 4.78 is 0.602. The topological polar surface area (TPSA) is 65.7 Å². The molecule has 6 heteroatoms. The number of aromatic nitrogens is 2. The summed E-state index contributed by atoms with van der Waals surface area (Å²) in [5.74, 6) is 0. The number of thiophene rings is 1. The molecule has 14 heavy (non-hydrogen) atoms. The summed E-state index contributed by atoms with van der Waals surface area (Å²) in [5.41, 5.74) is -0.504. The van der Waals surface area contributed by atoms with Crippen molar-refractivity contribution in [3.63, 3.8) is 0 Å². The summed E-state index contributed by atoms with van der Waals surface area (Å²) in [7, 11) is 0. The highest BCUT2D eigenvalue weighted by Gasteiger charge is 2.05. The van der Waals surface area contributed by atoms with E-state index in [2.05, 4.69) is 9.97 Å². The zero-order chi connectivity index (χ0) is 10.1. The number of aromatic amines is 2. The minimum Gasteiger partial charge on any atom is -0.313 e. The van der Waals surface area contributed by atoms with Gasteiger partial charge in [0.05, 0.1) is 9.90 Å². The molecule has 2 rings (SSSR count). The maximum atomic E-state index is 11.3. The first-order chi connectivity index (χ1) is 6.66. The molecule has 0 atom stereocenters. The molecule has 2 aromatic heterocycles. The van der Waals surface area contributed by atoms with Crippen molar-refractivity contribution in [1.82, 2.24) is 9.97 Å². The van der Waals surface area contributed by atoms with Crippen LogP contribution in [0.25, 0.3) is 10.4 Å². The van der Waals surface area contributed by atoms with E-state index in [0.717, 1.165) is 4.88 Å². The number of hydrogen-bond donors (Lipinski definition) is 2. The molecule has 0 amide bonds. The van der Waals surface area contributed by atoms with Gasteiger partial charge in [-0.1, -0.05) is 11.6 Å². The maximum absolute atomic E-state index is 11.3. The lowest BCUT2D eigenvalue weighted by Crippen LogP contribution is -2.22. The highest BCUT2D eigenvalue weighted by Crippen LogP contribution is 2.28. The van der Waals surface area contributed by atoms with Crippen LogP contribution in [0, 0.1) is 0 Å². The van der Waals surface area contributed by atoms with Gasteiger partial charge in [-0.3, -0.25) is 9.78 Å². The average molecular weight is 229 g/mol. The number of hydrogen-bond acceptors (Lipinski definition) is 3. The predicted octanol–water partition coefficient (Wildman–Crippen LogP) is 1.45. The van der Waals surface area contributed by atoms with Crippen molar-refractivity contribution in [2.45, 2.75) is 0 Å². The SMILES string of the molecule is O=c1[nH]cc(-c2ccc(Cl)s2)c(=O)[nH]1. The monoisotopic (exact) mass is 228 g/mol. The van der Waals surface area contributed by atoms with Gasteiger partial charge in [0.15, 0.2) is 0 Å². The van der Waals surface area contributed by atoms with Gasteiger partial charge in [-0.15, -0.1) is 11.3 Å². The van der Waals surface area contributed by atoms with E-state index in [4.69, 9.17) is 11.6 Å². The molecule has 0 spiro atoms. The third-order valence-electron chi connectivity index (χ3n) is 1.66. The maximum Gasteiger partial charge on any atom is 0.325 e. The third-order valence-corrected chi connectivity index (χ3v) is 2.92. The number of halogens is 1. The fraction of sp³-hybridized carbons (Fsp3) is 0. The summed E-state index contributed by atoms with van der Waals surface area (Å²) in [4.78, 5) is 27.4. The summed E-state index contributed by atoms with van der Waals surface area (Å²) in [6.45, 7) is 0. The molecule has 72 valence electrons. The number of nitrogens with one attached hydrogen (secondary N) is 2. The molecule has 0 aliphatic heterocycles. The molecule has 0 bridgehead atoms. The standard InChI is InChI=1S/C8H5ClN2O2S/c9-6-2-1-5(14-6)4-3-10-8(13)11-7(4)12/h1-3H,(H2,10,11,12,13). The Bertz CT molecular complexity index is 569. The Labute approximate surface area is 87.2 Å². The summed E-state index contributed by atoms with van der Waals surface area (Å²) in [5, 5.41) is 0. The van der Waals surface area contributed by atoms with Crippen molar-refractivity contribution in [1.29, 1.82) is 0 Å². The van der Waals surface area contributed by atoms with E-state index in [1.807, 2.05) is 0 Å². The normalized spacial score (nSPS) is 10.4. The van der Waals surface area contributed by atoms with E-state index >= 15 is 0 Å². The van der Waals surface area contributed by atoms with Crippen molar-refractivity contribution in [3.05, 3.63) is 43.5 Å². The van der Waals surface area contributed by atoms with E-state index in [1.54, 1.807) is 12.1 Å². The zero-order valence-corrected chi connectivity index (χ0v) is 8.41. The molecule has 0 radical (unpaired) electrons. The Morgan fingerprint density at radius 1 is 1.29 bits per heavy atom. The highest BCUT2D eigenvalue weighted by molar-refractivity contribution is 7.19. The molecule has 2 N–H and O–H groups in total. The van der Waals surface area contributed by atoms with Crippen molar-refractivity contribution in [2.75, 3.05) is 0 Å². The van der Waals surface area contributed by atoms with Gasteiger partial charge in [-0.2, -0.15) is 0 Å². The lowest BCUT2D eigenvalue weighted by atomic mass is 10.3. The summed E-state index contributed by atoms with van der Waals surface area (Å²) in [6.07, 6.45) is 1.38. The van der Waals surface area contributed by atoms with Crippen LogP contribution in [0.2, 0.25) is 4.34 Å². The molecule has 0 unspecified atom stereocenters. The van der Waals surface area contributed by atoms with E-state index in [-0.39, 0.29) is 0 Å². The average Bonchev–Trinajstić information content (AvgIpc) is 2.51. The molecule has 0 fully saturated rings. The molecule has 0 aliphatic carbocycles. The van der Waals surface area contributed by atoms with Crippen LogP contribution in [-0.2, 0) is 0 Å². The van der Waals surface area contributed by atoms with Crippen molar-refractivity contribution >= 4 is 22.9 Å². The van der Waals surface area contributed by atoms with Crippen LogP contribution >= 0.6 is 22.9 Å². The Balaban J connectivity index is 2.63. The van der Waals surface area contributed by atoms with E-state index in [9.17, 15) is 9.59 Å². The summed E-state index contributed by atoms with van der Waals surface area (Å²) >= 11 is 7.01. The number of rotatable bonds is 1. The highest BCUT2D eigenvalue weighted by atomic mass is 35.5. The first-order valence-electron chi connectivity index (χ1n) is 3.74. The van der Waals surface area contributed by atoms with Crippen molar-refractivity contribution < 1.29 is 0 Å². The van der Waals surface area contributed by atoms with E-state index in [0.29, 0.717) is 9.90 Å². The van der Waals surface area contributed by atoms with Gasteiger partial charge in [-0.05, 0) is 12.1 Å². The molecular weight excluding hydrogens is 224 g/mol. The second-order valence-corrected chi connectivity index (χ2v) is 4.30. The van der Waals surface area contributed by atoms with Gasteiger partial charge in [0.25, 0.3) is 5.56 Å². The quantitative estimate of drug-likeness (QED) is 0.776. The van der Waals surface area contributed by atoms with Crippen molar-refractivity contribution in [3.8, 4) is 10.4 Å². The van der Waals surface area contributed by atoms with Crippen LogP contribution in [0.1, 0.15) is 0 Å². The molecule has 0 aromatic carbocycles. The molecular formula is C8H5ClN2O2S. The first kappa shape index (κ1) is 9.23. The predicted molar refractivity (Wildman–Crippen MR) is 56.0 cm³/mol. The lowest BCUT2D eigenvalue weighted by molar-refractivity contribution is 1.04. The fourth-order valence-corrected chi connectivity index (χ4v) is 2.11. The molecule has 2 aromatic rings. The second kappa shape index (κ2) is 3.43. The fourth-order valence-electron chi connectivity index (χ4n) is 1.05. The second-order valence-electron chi connectivity index (χ2n) is 2.59. The van der Waals surface area contributed by atoms with Gasteiger partial charge in [0.2, 0.25) is 0 Å². The smallest absolute Gasteiger partial charge is 0.313 e. The largest absolute Gasteiger partial charge is 0.325 e. The molecule has 2 heterocycles. The lowest BCUT2D eigenvalue weighted by Gasteiger charge is -1.92. The van der Waals surface area contributed by atoms with Crippen LogP contribution in [0.4, 0.5) is 0 Å². The van der Waals surface area contributed by atoms with E-state index < -0.39 is 11.2 Å². The Morgan fingerprint density at radius 2 is 2.07 bits per heavy atom. The minimum atomic E-state index is -0.513. The van der Waals surface area contributed by atoms with E-state index in [1.165, 1.54) is 17.5 Å².